The Balaban J connectivity index is 2.24. The Bertz CT molecular complexity index is 398. The second kappa shape index (κ2) is 4.13. The Kier molecular flexibility index (Phi) is 2.82. The molecule has 16 heavy (non-hydrogen) atoms. The summed E-state index contributed by atoms with van der Waals surface area (Å²) in [5.41, 5.74) is 6.41. The lowest BCUT2D eigenvalue weighted by Crippen LogP contribution is -2.42. The van der Waals surface area contributed by atoms with Crippen LogP contribution in [0.3, 0.4) is 0 Å². The maximum atomic E-state index is 12.0. The Morgan fingerprint density at radius 1 is 1.56 bits per heavy atom. The molecule has 0 aromatic carbocycles. The van der Waals surface area contributed by atoms with E-state index < -0.39 is 0 Å². The molecule has 1 aliphatic heterocycles. The van der Waals surface area contributed by atoms with Gasteiger partial charge in [-0.15, -0.1) is 0 Å². The zero-order chi connectivity index (χ0) is 11.7. The summed E-state index contributed by atoms with van der Waals surface area (Å²) in [5.74, 6) is 0.816. The maximum Gasteiger partial charge on any atom is 0.242 e. The maximum absolute atomic E-state index is 12.0. The van der Waals surface area contributed by atoms with Crippen molar-refractivity contribution in [2.24, 2.45) is 0 Å². The summed E-state index contributed by atoms with van der Waals surface area (Å²) < 4.78 is 1.80. The first-order valence-electron chi connectivity index (χ1n) is 5.36. The van der Waals surface area contributed by atoms with Crippen LogP contribution in [0.25, 0.3) is 0 Å². The van der Waals surface area contributed by atoms with E-state index in [0.717, 1.165) is 25.3 Å². The number of anilines is 2. The van der Waals surface area contributed by atoms with Crippen LogP contribution in [-0.2, 0) is 11.3 Å². The summed E-state index contributed by atoms with van der Waals surface area (Å²) in [6, 6.07) is 0. The summed E-state index contributed by atoms with van der Waals surface area (Å²) in [7, 11) is 3.75. The summed E-state index contributed by atoms with van der Waals surface area (Å²) in [6.07, 6.45) is 2.53. The highest BCUT2D eigenvalue weighted by Gasteiger charge is 2.25. The molecule has 6 nitrogen and oxygen atoms in total. The van der Waals surface area contributed by atoms with E-state index in [-0.39, 0.29) is 5.91 Å². The van der Waals surface area contributed by atoms with Crippen LogP contribution in [0.2, 0.25) is 0 Å². The molecule has 6 heteroatoms. The molecule has 1 aromatic heterocycles. The van der Waals surface area contributed by atoms with Crippen LogP contribution in [0.15, 0.2) is 6.20 Å². The number of rotatable bonds is 2. The molecule has 0 saturated heterocycles. The van der Waals surface area contributed by atoms with Gasteiger partial charge in [0, 0.05) is 13.1 Å². The van der Waals surface area contributed by atoms with E-state index in [0.29, 0.717) is 12.2 Å². The fourth-order valence-electron chi connectivity index (χ4n) is 1.94. The fourth-order valence-corrected chi connectivity index (χ4v) is 1.94. The van der Waals surface area contributed by atoms with Gasteiger partial charge in [0.25, 0.3) is 0 Å². The molecule has 0 aliphatic carbocycles. The summed E-state index contributed by atoms with van der Waals surface area (Å²) in [5, 5.41) is 4.15. The number of carbonyl (C=O) groups is 1. The van der Waals surface area contributed by atoms with E-state index in [9.17, 15) is 4.79 Å². The Morgan fingerprint density at radius 2 is 2.31 bits per heavy atom. The van der Waals surface area contributed by atoms with Crippen molar-refractivity contribution in [1.29, 1.82) is 0 Å². The number of amides is 1. The van der Waals surface area contributed by atoms with Crippen molar-refractivity contribution < 1.29 is 4.79 Å². The van der Waals surface area contributed by atoms with E-state index in [1.807, 2.05) is 19.0 Å². The molecule has 88 valence electrons. The SMILES string of the molecule is CN(C)CC(=O)N1CCCn2ncc(N)c21. The van der Waals surface area contributed by atoms with Crippen molar-refractivity contribution >= 4 is 17.4 Å². The van der Waals surface area contributed by atoms with E-state index in [1.165, 1.54) is 0 Å². The minimum Gasteiger partial charge on any atom is -0.394 e. The van der Waals surface area contributed by atoms with Crippen LogP contribution in [0, 0.1) is 0 Å². The van der Waals surface area contributed by atoms with Gasteiger partial charge in [0.05, 0.1) is 18.4 Å². The second-order valence-electron chi connectivity index (χ2n) is 4.28. The van der Waals surface area contributed by atoms with Gasteiger partial charge in [0.15, 0.2) is 5.82 Å². The molecule has 2 N–H and O–H groups in total. The van der Waals surface area contributed by atoms with Gasteiger partial charge >= 0.3 is 0 Å². The highest BCUT2D eigenvalue weighted by Crippen LogP contribution is 2.26. The van der Waals surface area contributed by atoms with Gasteiger partial charge in [0.1, 0.15) is 0 Å². The first-order valence-corrected chi connectivity index (χ1v) is 5.36. The van der Waals surface area contributed by atoms with Crippen LogP contribution in [0.1, 0.15) is 6.42 Å². The molecule has 1 amide bonds. The predicted molar refractivity (Wildman–Crippen MR) is 62.2 cm³/mol. The van der Waals surface area contributed by atoms with Gasteiger partial charge < -0.3 is 10.6 Å². The quantitative estimate of drug-likeness (QED) is 0.751. The Hall–Kier alpha value is -1.56. The average Bonchev–Trinajstić information content (AvgIpc) is 2.59. The molecular weight excluding hydrogens is 206 g/mol. The third-order valence-electron chi connectivity index (χ3n) is 2.60. The zero-order valence-electron chi connectivity index (χ0n) is 9.68. The first kappa shape index (κ1) is 10.9. The van der Waals surface area contributed by atoms with E-state index in [2.05, 4.69) is 5.10 Å². The third-order valence-corrected chi connectivity index (χ3v) is 2.60. The number of aryl methyl sites for hydroxylation is 1. The van der Waals surface area contributed by atoms with E-state index in [4.69, 9.17) is 5.73 Å². The number of nitrogen functional groups attached to an aromatic ring is 1. The minimum absolute atomic E-state index is 0.0677. The van der Waals surface area contributed by atoms with Crippen molar-refractivity contribution in [3.8, 4) is 0 Å². The molecule has 0 spiro atoms. The largest absolute Gasteiger partial charge is 0.394 e. The molecule has 0 radical (unpaired) electrons. The van der Waals surface area contributed by atoms with Crippen LogP contribution < -0.4 is 10.6 Å². The predicted octanol–water partition coefficient (Wildman–Crippen LogP) is -0.236. The summed E-state index contributed by atoms with van der Waals surface area (Å²) in [6.45, 7) is 1.95. The Labute approximate surface area is 94.6 Å². The van der Waals surface area contributed by atoms with Gasteiger partial charge in [0.2, 0.25) is 5.91 Å². The number of nitrogens with two attached hydrogens (primary N) is 1. The molecule has 0 atom stereocenters. The molecule has 2 rings (SSSR count). The van der Waals surface area contributed by atoms with Crippen molar-refractivity contribution in [1.82, 2.24) is 14.7 Å². The molecule has 1 aliphatic rings. The normalized spacial score (nSPS) is 15.3. The number of likely N-dealkylation sites (N-methyl/N-ethyl adjacent to an activating group) is 1. The number of aromatic nitrogens is 2. The van der Waals surface area contributed by atoms with Crippen LogP contribution in [0.5, 0.6) is 0 Å². The smallest absolute Gasteiger partial charge is 0.242 e. The third kappa shape index (κ3) is 1.88. The highest BCUT2D eigenvalue weighted by atomic mass is 16.2. The molecule has 1 aromatic rings. The number of hydrogen-bond acceptors (Lipinski definition) is 4. The number of fused-ring (bicyclic) bond motifs is 1. The molecule has 0 fully saturated rings. The lowest BCUT2D eigenvalue weighted by molar-refractivity contribution is -0.119. The van der Waals surface area contributed by atoms with E-state index in [1.54, 1.807) is 15.8 Å². The van der Waals surface area contributed by atoms with Crippen LogP contribution >= 0.6 is 0 Å². The Morgan fingerprint density at radius 3 is 3.00 bits per heavy atom. The number of carbonyl (C=O) groups excluding carboxylic acids is 1. The van der Waals surface area contributed by atoms with Gasteiger partial charge in [-0.3, -0.25) is 9.69 Å². The fraction of sp³-hybridized carbons (Fsp3) is 0.600. The summed E-state index contributed by atoms with van der Waals surface area (Å²) >= 11 is 0. The summed E-state index contributed by atoms with van der Waals surface area (Å²) in [4.78, 5) is 15.6. The molecule has 0 saturated carbocycles. The molecular formula is C10H17N5O. The van der Waals surface area contributed by atoms with Crippen LogP contribution in [-0.4, -0.2) is 47.8 Å². The van der Waals surface area contributed by atoms with E-state index >= 15 is 0 Å². The van der Waals surface area contributed by atoms with Crippen molar-refractivity contribution in [2.75, 3.05) is 37.8 Å². The van der Waals surface area contributed by atoms with Gasteiger partial charge in [-0.1, -0.05) is 0 Å². The monoisotopic (exact) mass is 223 g/mol. The molecule has 2 heterocycles. The lowest BCUT2D eigenvalue weighted by atomic mass is 10.3. The molecule has 0 bridgehead atoms. The second-order valence-corrected chi connectivity index (χ2v) is 4.28. The number of hydrogen-bond donors (Lipinski definition) is 1. The van der Waals surface area contributed by atoms with Crippen molar-refractivity contribution in [3.63, 3.8) is 0 Å². The zero-order valence-corrected chi connectivity index (χ0v) is 9.68. The van der Waals surface area contributed by atoms with Crippen molar-refractivity contribution in [2.45, 2.75) is 13.0 Å². The van der Waals surface area contributed by atoms with Gasteiger partial charge in [-0.2, -0.15) is 5.10 Å². The van der Waals surface area contributed by atoms with Gasteiger partial charge in [-0.25, -0.2) is 4.68 Å². The van der Waals surface area contributed by atoms with Crippen molar-refractivity contribution in [3.05, 3.63) is 6.20 Å². The standard InChI is InChI=1S/C10H17N5O/c1-13(2)7-9(16)14-4-3-5-15-10(14)8(11)6-12-15/h6H,3-5,7,11H2,1-2H3. The van der Waals surface area contributed by atoms with Gasteiger partial charge in [-0.05, 0) is 20.5 Å². The molecule has 0 unspecified atom stereocenters. The average molecular weight is 223 g/mol. The topological polar surface area (TPSA) is 67.4 Å². The number of nitrogens with zero attached hydrogens (tertiary/aromatic N) is 4. The first-order chi connectivity index (χ1) is 7.59. The lowest BCUT2D eigenvalue weighted by Gasteiger charge is -2.29. The highest BCUT2D eigenvalue weighted by molar-refractivity contribution is 5.96. The van der Waals surface area contributed by atoms with Crippen LogP contribution in [0.4, 0.5) is 11.5 Å². The minimum atomic E-state index is 0.0677.